The lowest BCUT2D eigenvalue weighted by atomic mass is 9.75. The summed E-state index contributed by atoms with van der Waals surface area (Å²) in [5, 5.41) is 0. The average Bonchev–Trinajstić information content (AvgIpc) is 2.74. The average molecular weight is 345 g/mol. The Morgan fingerprint density at radius 2 is 2.17 bits per heavy atom. The van der Waals surface area contributed by atoms with Crippen LogP contribution in [-0.4, -0.2) is 42.2 Å². The quantitative estimate of drug-likeness (QED) is 0.469. The zero-order valence-corrected chi connectivity index (χ0v) is 15.6. The molecule has 0 saturated carbocycles. The van der Waals surface area contributed by atoms with Crippen molar-refractivity contribution in [2.75, 3.05) is 20.4 Å². The van der Waals surface area contributed by atoms with Gasteiger partial charge >= 0.3 is 14.6 Å². The topological polar surface area (TPSA) is 68.2 Å². The fourth-order valence-corrected chi connectivity index (χ4v) is 3.61. The molecular weight excluding hydrogens is 317 g/mol. The van der Waals surface area contributed by atoms with Gasteiger partial charge in [0.2, 0.25) is 6.79 Å². The molecule has 1 heterocycles. The third-order valence-electron chi connectivity index (χ3n) is 4.67. The number of carbonyl (C=O) groups is 1. The Balaban J connectivity index is 1.80. The Bertz CT molecular complexity index is 476. The Morgan fingerprint density at radius 3 is 2.83 bits per heavy atom. The van der Waals surface area contributed by atoms with Crippen molar-refractivity contribution in [2.24, 2.45) is 10.8 Å². The molecule has 0 amide bonds. The van der Waals surface area contributed by atoms with Gasteiger partial charge in [-0.15, -0.1) is 0 Å². The van der Waals surface area contributed by atoms with Crippen molar-refractivity contribution >= 4 is 14.6 Å². The van der Waals surface area contributed by atoms with Crippen LogP contribution in [0.4, 0.5) is 0 Å². The molecule has 2 aliphatic rings. The monoisotopic (exact) mass is 345 g/mol. The van der Waals surface area contributed by atoms with Crippen molar-refractivity contribution in [1.82, 2.24) is 4.90 Å². The summed E-state index contributed by atoms with van der Waals surface area (Å²) in [5.41, 5.74) is -0.297. The third kappa shape index (κ3) is 4.66. The first-order chi connectivity index (χ1) is 10.6. The molecule has 0 spiro atoms. The van der Waals surface area contributed by atoms with Gasteiger partial charge in [-0.05, 0) is 58.7 Å². The van der Waals surface area contributed by atoms with Crippen LogP contribution in [0.2, 0.25) is 0 Å². The molecule has 1 aliphatic heterocycles. The number of nitrogens with zero attached hydrogens (tertiary/aromatic N) is 1. The SMILES string of the molecule is CN1CC[C@]2(C)CCC(OP(O)OCOC(=O)C(C)(C)C)=CC12. The van der Waals surface area contributed by atoms with Crippen molar-refractivity contribution in [3.63, 3.8) is 0 Å². The van der Waals surface area contributed by atoms with E-state index in [4.69, 9.17) is 13.8 Å². The van der Waals surface area contributed by atoms with E-state index in [0.717, 1.165) is 25.1 Å². The number of carbonyl (C=O) groups excluding carboxylic acids is 1. The highest BCUT2D eigenvalue weighted by atomic mass is 31.2. The van der Waals surface area contributed by atoms with Crippen molar-refractivity contribution < 1.29 is 23.5 Å². The van der Waals surface area contributed by atoms with E-state index in [1.807, 2.05) is 0 Å². The molecular formula is C16H28NO5P. The highest BCUT2D eigenvalue weighted by molar-refractivity contribution is 7.40. The number of hydrogen-bond donors (Lipinski definition) is 1. The predicted octanol–water partition coefficient (Wildman–Crippen LogP) is 3.17. The van der Waals surface area contributed by atoms with E-state index < -0.39 is 14.0 Å². The molecule has 1 N–H and O–H groups in total. The summed E-state index contributed by atoms with van der Waals surface area (Å²) >= 11 is 0. The minimum atomic E-state index is -2.08. The molecule has 23 heavy (non-hydrogen) atoms. The molecule has 3 atom stereocenters. The van der Waals surface area contributed by atoms with Crippen LogP contribution in [0.3, 0.4) is 0 Å². The third-order valence-corrected chi connectivity index (χ3v) is 5.39. The Morgan fingerprint density at radius 1 is 1.48 bits per heavy atom. The first-order valence-corrected chi connectivity index (χ1v) is 9.13. The maximum atomic E-state index is 11.6. The predicted molar refractivity (Wildman–Crippen MR) is 88.2 cm³/mol. The number of rotatable bonds is 5. The molecule has 0 radical (unpaired) electrons. The molecule has 0 aromatic heterocycles. The van der Waals surface area contributed by atoms with Crippen LogP contribution in [0.15, 0.2) is 11.8 Å². The number of ether oxygens (including phenoxy) is 1. The summed E-state index contributed by atoms with van der Waals surface area (Å²) in [6.45, 7) is 8.37. The fraction of sp³-hybridized carbons (Fsp3) is 0.812. The normalized spacial score (nSPS) is 29.7. The van der Waals surface area contributed by atoms with E-state index in [9.17, 15) is 9.69 Å². The van der Waals surface area contributed by atoms with Crippen LogP contribution in [-0.2, 0) is 18.6 Å². The first kappa shape index (κ1) is 18.7. The van der Waals surface area contributed by atoms with E-state index in [-0.39, 0.29) is 12.8 Å². The molecule has 2 unspecified atom stereocenters. The van der Waals surface area contributed by atoms with Gasteiger partial charge < -0.3 is 14.2 Å². The zero-order valence-electron chi connectivity index (χ0n) is 14.7. The lowest BCUT2D eigenvalue weighted by Gasteiger charge is -2.36. The molecule has 1 fully saturated rings. The molecule has 7 heteroatoms. The zero-order chi connectivity index (χ0) is 17.3. The number of hydrogen-bond acceptors (Lipinski definition) is 6. The van der Waals surface area contributed by atoms with Gasteiger partial charge in [-0.1, -0.05) is 6.92 Å². The van der Waals surface area contributed by atoms with Crippen LogP contribution in [0, 0.1) is 10.8 Å². The van der Waals surface area contributed by atoms with Crippen molar-refractivity contribution in [3.05, 3.63) is 11.8 Å². The van der Waals surface area contributed by atoms with Gasteiger partial charge in [-0.2, -0.15) is 0 Å². The molecule has 2 rings (SSSR count). The highest BCUT2D eigenvalue weighted by Crippen LogP contribution is 2.47. The number of likely N-dealkylation sites (tertiary alicyclic amines) is 1. The van der Waals surface area contributed by atoms with Gasteiger partial charge in [0, 0.05) is 12.5 Å². The van der Waals surface area contributed by atoms with Gasteiger partial charge in [0.25, 0.3) is 0 Å². The minimum absolute atomic E-state index is 0.295. The van der Waals surface area contributed by atoms with Gasteiger partial charge in [0.15, 0.2) is 0 Å². The molecule has 0 aromatic carbocycles. The van der Waals surface area contributed by atoms with Crippen LogP contribution in [0.5, 0.6) is 0 Å². The first-order valence-electron chi connectivity index (χ1n) is 8.00. The summed E-state index contributed by atoms with van der Waals surface area (Å²) in [6.07, 6.45) is 5.11. The molecule has 6 nitrogen and oxygen atoms in total. The Hall–Kier alpha value is -0.680. The standard InChI is InChI=1S/C16H28NO5P/c1-15(2,3)14(18)20-11-21-23(19)22-12-6-7-16(4)8-9-17(5)13(16)10-12/h10,13,19H,6-9,11H2,1-5H3/t13?,16-,23?/m0/s1. The summed E-state index contributed by atoms with van der Waals surface area (Å²) < 4.78 is 15.5. The number of fused-ring (bicyclic) bond motifs is 1. The number of esters is 1. The lowest BCUT2D eigenvalue weighted by Crippen LogP contribution is -2.36. The maximum Gasteiger partial charge on any atom is 0.397 e. The minimum Gasteiger partial charge on any atom is -0.438 e. The number of allylic oxidation sites excluding steroid dienone is 1. The maximum absolute atomic E-state index is 11.6. The second-order valence-corrected chi connectivity index (χ2v) is 8.64. The summed E-state index contributed by atoms with van der Waals surface area (Å²) in [6, 6.07) is 0.341. The van der Waals surface area contributed by atoms with E-state index in [1.165, 1.54) is 6.42 Å². The van der Waals surface area contributed by atoms with Gasteiger partial charge in [-0.25, -0.2) is 0 Å². The second-order valence-electron chi connectivity index (χ2n) is 7.72. The van der Waals surface area contributed by atoms with Gasteiger partial charge in [0.1, 0.15) is 5.76 Å². The second kappa shape index (κ2) is 7.06. The van der Waals surface area contributed by atoms with Crippen molar-refractivity contribution in [3.8, 4) is 0 Å². The summed E-state index contributed by atoms with van der Waals surface area (Å²) in [4.78, 5) is 23.8. The molecule has 0 bridgehead atoms. The van der Waals surface area contributed by atoms with E-state index in [1.54, 1.807) is 20.8 Å². The summed E-state index contributed by atoms with van der Waals surface area (Å²) in [7, 11) is 0.0280. The van der Waals surface area contributed by atoms with E-state index >= 15 is 0 Å². The van der Waals surface area contributed by atoms with Gasteiger partial charge in [-0.3, -0.25) is 14.2 Å². The van der Waals surface area contributed by atoms with E-state index in [0.29, 0.717) is 11.5 Å². The lowest BCUT2D eigenvalue weighted by molar-refractivity contribution is -0.159. The fourth-order valence-electron chi connectivity index (χ4n) is 3.06. The van der Waals surface area contributed by atoms with Crippen LogP contribution >= 0.6 is 8.60 Å². The largest absolute Gasteiger partial charge is 0.438 e. The van der Waals surface area contributed by atoms with Crippen LogP contribution in [0.25, 0.3) is 0 Å². The van der Waals surface area contributed by atoms with Gasteiger partial charge in [0.05, 0.1) is 5.41 Å². The molecule has 0 aromatic rings. The molecule has 132 valence electrons. The van der Waals surface area contributed by atoms with Crippen LogP contribution in [0.1, 0.15) is 47.0 Å². The molecule has 1 saturated heterocycles. The Labute approximate surface area is 139 Å². The number of likely N-dealkylation sites (N-methyl/N-ethyl adjacent to an activating group) is 1. The van der Waals surface area contributed by atoms with Crippen molar-refractivity contribution in [2.45, 2.75) is 53.0 Å². The van der Waals surface area contributed by atoms with Crippen LogP contribution < -0.4 is 0 Å². The summed E-state index contributed by atoms with van der Waals surface area (Å²) in [5.74, 6) is 0.387. The van der Waals surface area contributed by atoms with E-state index in [2.05, 4.69) is 24.9 Å². The Kier molecular flexibility index (Phi) is 5.72. The smallest absolute Gasteiger partial charge is 0.397 e. The highest BCUT2D eigenvalue weighted by Gasteiger charge is 2.43. The molecule has 1 aliphatic carbocycles. The van der Waals surface area contributed by atoms with Crippen molar-refractivity contribution in [1.29, 1.82) is 0 Å².